The lowest BCUT2D eigenvalue weighted by molar-refractivity contribution is -0.131. The number of ether oxygens (including phenoxy) is 1. The Hall–Kier alpha value is -3.90. The molecule has 0 bridgehead atoms. The lowest BCUT2D eigenvalue weighted by Gasteiger charge is -2.10. The minimum absolute atomic E-state index is 0.116. The number of thiophene rings is 1. The molecule has 4 rings (SSSR count). The fourth-order valence-corrected chi connectivity index (χ4v) is 4.46. The molecule has 0 atom stereocenters. The summed E-state index contributed by atoms with van der Waals surface area (Å²) in [5.41, 5.74) is 3.19. The van der Waals surface area contributed by atoms with Crippen LogP contribution in [-0.4, -0.2) is 22.0 Å². The number of ketones is 1. The first-order valence-corrected chi connectivity index (χ1v) is 10.7. The molecule has 0 aliphatic heterocycles. The molecule has 0 spiro atoms. The van der Waals surface area contributed by atoms with Crippen LogP contribution in [0.15, 0.2) is 66.7 Å². The summed E-state index contributed by atoms with van der Waals surface area (Å²) in [7, 11) is 0. The predicted molar refractivity (Wildman–Crippen MR) is 126 cm³/mol. The molecule has 0 fully saturated rings. The monoisotopic (exact) mass is 444 g/mol. The summed E-state index contributed by atoms with van der Waals surface area (Å²) in [4.78, 5) is 24.6. The first kappa shape index (κ1) is 21.3. The number of phenols is 1. The Morgan fingerprint density at radius 1 is 0.969 bits per heavy atom. The summed E-state index contributed by atoms with van der Waals surface area (Å²) in [5, 5.41) is 19.4. The number of aromatic hydroxyl groups is 1. The number of carboxylic acid groups (broad SMARTS) is 1. The molecule has 0 aliphatic rings. The van der Waals surface area contributed by atoms with E-state index in [0.29, 0.717) is 27.5 Å². The normalized spacial score (nSPS) is 11.2. The highest BCUT2D eigenvalue weighted by Gasteiger charge is 2.23. The number of fused-ring (bicyclic) bond motifs is 1. The van der Waals surface area contributed by atoms with Crippen molar-refractivity contribution >= 4 is 39.3 Å². The molecule has 0 saturated carbocycles. The third kappa shape index (κ3) is 4.40. The first-order valence-electron chi connectivity index (χ1n) is 9.88. The molecule has 0 aliphatic carbocycles. The minimum atomic E-state index is -1.02. The molecule has 6 heteroatoms. The van der Waals surface area contributed by atoms with Gasteiger partial charge in [0.2, 0.25) is 5.78 Å². The van der Waals surface area contributed by atoms with Crippen molar-refractivity contribution in [3.8, 4) is 17.2 Å². The molecule has 32 heavy (non-hydrogen) atoms. The number of rotatable bonds is 6. The van der Waals surface area contributed by atoms with Crippen LogP contribution in [0, 0.1) is 13.8 Å². The first-order chi connectivity index (χ1) is 15.3. The highest BCUT2D eigenvalue weighted by Crippen LogP contribution is 2.43. The molecule has 160 valence electrons. The quantitative estimate of drug-likeness (QED) is 0.268. The van der Waals surface area contributed by atoms with Gasteiger partial charge in [-0.25, -0.2) is 4.79 Å². The van der Waals surface area contributed by atoms with Gasteiger partial charge in [-0.05, 0) is 67.4 Å². The van der Waals surface area contributed by atoms with E-state index < -0.39 is 5.97 Å². The lowest BCUT2D eigenvalue weighted by atomic mass is 10.0. The summed E-state index contributed by atoms with van der Waals surface area (Å²) < 4.78 is 6.91. The van der Waals surface area contributed by atoms with Crippen LogP contribution in [-0.2, 0) is 4.79 Å². The zero-order valence-electron chi connectivity index (χ0n) is 17.5. The van der Waals surface area contributed by atoms with Crippen molar-refractivity contribution in [2.45, 2.75) is 13.8 Å². The largest absolute Gasteiger partial charge is 0.508 e. The number of hydrogen-bond donors (Lipinski definition) is 2. The van der Waals surface area contributed by atoms with Gasteiger partial charge in [0.05, 0.1) is 0 Å². The molecule has 0 radical (unpaired) electrons. The molecule has 0 unspecified atom stereocenters. The van der Waals surface area contributed by atoms with E-state index in [1.807, 2.05) is 32.0 Å². The van der Waals surface area contributed by atoms with Crippen LogP contribution in [0.5, 0.6) is 17.2 Å². The fourth-order valence-electron chi connectivity index (χ4n) is 3.35. The summed E-state index contributed by atoms with van der Waals surface area (Å²) in [5.74, 6) is -0.0913. The Bertz CT molecular complexity index is 1360. The third-order valence-corrected chi connectivity index (χ3v) is 6.12. The molecule has 1 aromatic heterocycles. The topological polar surface area (TPSA) is 83.8 Å². The van der Waals surface area contributed by atoms with Gasteiger partial charge in [-0.3, -0.25) is 4.79 Å². The van der Waals surface area contributed by atoms with Crippen LogP contribution >= 0.6 is 11.3 Å². The Morgan fingerprint density at radius 2 is 1.72 bits per heavy atom. The molecule has 2 N–H and O–H groups in total. The second-order valence-corrected chi connectivity index (χ2v) is 8.48. The molecule has 0 amide bonds. The van der Waals surface area contributed by atoms with Crippen molar-refractivity contribution in [3.63, 3.8) is 0 Å². The van der Waals surface area contributed by atoms with Crippen LogP contribution in [0.1, 0.15) is 31.9 Å². The Morgan fingerprint density at radius 3 is 2.44 bits per heavy atom. The Balaban J connectivity index is 1.77. The molecule has 3 aromatic carbocycles. The van der Waals surface area contributed by atoms with Crippen LogP contribution in [0.3, 0.4) is 0 Å². The zero-order chi connectivity index (χ0) is 22.8. The van der Waals surface area contributed by atoms with Crippen molar-refractivity contribution < 1.29 is 24.5 Å². The second kappa shape index (κ2) is 8.69. The predicted octanol–water partition coefficient (Wildman–Crippen LogP) is 6.34. The Labute approximate surface area is 188 Å². The van der Waals surface area contributed by atoms with E-state index in [9.17, 15) is 14.7 Å². The van der Waals surface area contributed by atoms with E-state index >= 15 is 0 Å². The maximum absolute atomic E-state index is 13.5. The van der Waals surface area contributed by atoms with Gasteiger partial charge in [0, 0.05) is 21.7 Å². The smallest absolute Gasteiger partial charge is 0.328 e. The molecule has 1 heterocycles. The number of hydrogen-bond acceptors (Lipinski definition) is 5. The van der Waals surface area contributed by atoms with E-state index in [2.05, 4.69) is 0 Å². The SMILES string of the molecule is Cc1ccc(C)c(C(=O)c2sc3cc(O)ccc3c2Oc2ccc(/C=C/C(=O)O)cc2)c1. The maximum atomic E-state index is 13.5. The standard InChI is InChI=1S/C26H20O5S/c1-15-3-4-16(2)21(13-15)24(30)26-25(20-11-8-18(27)14-22(20)32-26)31-19-9-5-17(6-10-19)7-12-23(28)29/h3-14,27H,1-2H3,(H,28,29)/b12-7+. The number of carboxylic acids is 1. The van der Waals surface area contributed by atoms with Gasteiger partial charge in [0.1, 0.15) is 16.4 Å². The van der Waals surface area contributed by atoms with Gasteiger partial charge in [-0.15, -0.1) is 11.3 Å². The fraction of sp³-hybridized carbons (Fsp3) is 0.0769. The van der Waals surface area contributed by atoms with Gasteiger partial charge in [-0.2, -0.15) is 0 Å². The zero-order valence-corrected chi connectivity index (χ0v) is 18.3. The summed E-state index contributed by atoms with van der Waals surface area (Å²) >= 11 is 1.28. The van der Waals surface area contributed by atoms with E-state index in [4.69, 9.17) is 9.84 Å². The van der Waals surface area contributed by atoms with Gasteiger partial charge >= 0.3 is 5.97 Å². The van der Waals surface area contributed by atoms with Crippen molar-refractivity contribution in [3.05, 3.63) is 93.9 Å². The highest BCUT2D eigenvalue weighted by molar-refractivity contribution is 7.21. The summed E-state index contributed by atoms with van der Waals surface area (Å²) in [6, 6.07) is 17.6. The number of aliphatic carboxylic acids is 1. The number of aryl methyl sites for hydroxylation is 2. The van der Waals surface area contributed by atoms with E-state index in [1.165, 1.54) is 17.4 Å². The minimum Gasteiger partial charge on any atom is -0.508 e. The third-order valence-electron chi connectivity index (χ3n) is 4.99. The van der Waals surface area contributed by atoms with Crippen molar-refractivity contribution in [2.24, 2.45) is 0 Å². The second-order valence-electron chi connectivity index (χ2n) is 7.43. The summed E-state index contributed by atoms with van der Waals surface area (Å²) in [6.45, 7) is 3.84. The lowest BCUT2D eigenvalue weighted by Crippen LogP contribution is -2.03. The van der Waals surface area contributed by atoms with Crippen LogP contribution in [0.25, 0.3) is 16.2 Å². The van der Waals surface area contributed by atoms with Gasteiger partial charge in [0.15, 0.2) is 5.75 Å². The average molecular weight is 445 g/mol. The van der Waals surface area contributed by atoms with E-state index in [0.717, 1.165) is 27.3 Å². The molecule has 4 aromatic rings. The van der Waals surface area contributed by atoms with E-state index in [-0.39, 0.29) is 11.5 Å². The molecule has 0 saturated heterocycles. The van der Waals surface area contributed by atoms with Crippen LogP contribution in [0.4, 0.5) is 0 Å². The summed E-state index contributed by atoms with van der Waals surface area (Å²) in [6.07, 6.45) is 2.56. The molecule has 5 nitrogen and oxygen atoms in total. The van der Waals surface area contributed by atoms with Gasteiger partial charge in [-0.1, -0.05) is 29.8 Å². The number of carbonyl (C=O) groups is 2. The average Bonchev–Trinajstić information content (AvgIpc) is 3.11. The number of carbonyl (C=O) groups excluding carboxylic acids is 1. The van der Waals surface area contributed by atoms with Gasteiger partial charge < -0.3 is 14.9 Å². The van der Waals surface area contributed by atoms with Crippen LogP contribution < -0.4 is 4.74 Å². The van der Waals surface area contributed by atoms with Crippen molar-refractivity contribution in [1.82, 2.24) is 0 Å². The highest BCUT2D eigenvalue weighted by atomic mass is 32.1. The van der Waals surface area contributed by atoms with Crippen molar-refractivity contribution in [1.29, 1.82) is 0 Å². The number of benzene rings is 3. The number of phenolic OH excluding ortho intramolecular Hbond substituents is 1. The van der Waals surface area contributed by atoms with Crippen molar-refractivity contribution in [2.75, 3.05) is 0 Å². The van der Waals surface area contributed by atoms with Crippen LogP contribution in [0.2, 0.25) is 0 Å². The molecular weight excluding hydrogens is 424 g/mol. The van der Waals surface area contributed by atoms with Gasteiger partial charge in [0.25, 0.3) is 0 Å². The Kier molecular flexibility index (Phi) is 5.79. The maximum Gasteiger partial charge on any atom is 0.328 e. The molecular formula is C26H20O5S. The van der Waals surface area contributed by atoms with E-state index in [1.54, 1.807) is 42.5 Å².